The van der Waals surface area contributed by atoms with Gasteiger partial charge in [0.1, 0.15) is 17.7 Å². The molecule has 0 aromatic heterocycles. The van der Waals surface area contributed by atoms with Gasteiger partial charge in [0.25, 0.3) is 5.91 Å². The minimum Gasteiger partial charge on any atom is -0.450 e. The van der Waals surface area contributed by atoms with E-state index in [1.54, 1.807) is 43.0 Å². The van der Waals surface area contributed by atoms with E-state index in [2.05, 4.69) is 4.90 Å². The van der Waals surface area contributed by atoms with Gasteiger partial charge in [-0.05, 0) is 49.2 Å². The van der Waals surface area contributed by atoms with Crippen LogP contribution in [0.25, 0.3) is 0 Å². The fraction of sp³-hybridized carbons (Fsp3) is 0.440. The molecule has 0 aliphatic carbocycles. The number of carbonyl (C=O) groups is 2. The smallest absolute Gasteiger partial charge is 0.303 e. The standard InChI is InChI=1S/C25H30F2N2O4/c1-18(30)33-25(2,3)24(31)29-14-12-28(13-15-29)16-17-32-23(19-4-8-21(26)9-5-19)20-6-10-22(27)11-7-20/h4-11,23H,12-17H2,1-3H3. The van der Waals surface area contributed by atoms with Crippen molar-refractivity contribution in [1.29, 1.82) is 0 Å². The van der Waals surface area contributed by atoms with Crippen LogP contribution in [-0.2, 0) is 19.1 Å². The quantitative estimate of drug-likeness (QED) is 0.564. The van der Waals surface area contributed by atoms with Crippen LogP contribution < -0.4 is 0 Å². The van der Waals surface area contributed by atoms with Crippen molar-refractivity contribution in [2.45, 2.75) is 32.5 Å². The third-order valence-corrected chi connectivity index (χ3v) is 5.61. The van der Waals surface area contributed by atoms with Crippen molar-refractivity contribution in [1.82, 2.24) is 9.80 Å². The van der Waals surface area contributed by atoms with Crippen LogP contribution >= 0.6 is 0 Å². The first kappa shape index (κ1) is 24.8. The molecule has 33 heavy (non-hydrogen) atoms. The van der Waals surface area contributed by atoms with Gasteiger partial charge in [0.2, 0.25) is 0 Å². The minimum atomic E-state index is -1.19. The zero-order valence-electron chi connectivity index (χ0n) is 19.2. The molecule has 2 aromatic rings. The largest absolute Gasteiger partial charge is 0.450 e. The van der Waals surface area contributed by atoms with Gasteiger partial charge in [-0.15, -0.1) is 0 Å². The lowest BCUT2D eigenvalue weighted by molar-refractivity contribution is -0.169. The van der Waals surface area contributed by atoms with Gasteiger partial charge in [0.05, 0.1) is 6.61 Å². The number of nitrogens with zero attached hydrogens (tertiary/aromatic N) is 2. The molecule has 3 rings (SSSR count). The second-order valence-corrected chi connectivity index (χ2v) is 8.59. The molecule has 8 heteroatoms. The predicted molar refractivity (Wildman–Crippen MR) is 119 cm³/mol. The summed E-state index contributed by atoms with van der Waals surface area (Å²) in [5, 5.41) is 0. The first-order chi connectivity index (χ1) is 15.7. The number of halogens is 2. The number of hydrogen-bond acceptors (Lipinski definition) is 5. The second kappa shape index (κ2) is 10.9. The predicted octanol–water partition coefficient (Wildman–Crippen LogP) is 3.56. The van der Waals surface area contributed by atoms with E-state index in [0.717, 1.165) is 11.1 Å². The number of amides is 1. The summed E-state index contributed by atoms with van der Waals surface area (Å²) >= 11 is 0. The Labute approximate surface area is 193 Å². The van der Waals surface area contributed by atoms with Crippen molar-refractivity contribution >= 4 is 11.9 Å². The topological polar surface area (TPSA) is 59.1 Å². The molecule has 0 saturated carbocycles. The molecule has 1 amide bonds. The number of piperazine rings is 1. The molecule has 1 heterocycles. The van der Waals surface area contributed by atoms with Crippen molar-refractivity contribution in [3.8, 4) is 0 Å². The number of hydrogen-bond donors (Lipinski definition) is 0. The molecule has 178 valence electrons. The molecule has 6 nitrogen and oxygen atoms in total. The molecule has 0 bridgehead atoms. The van der Waals surface area contributed by atoms with Gasteiger partial charge in [0, 0.05) is 39.6 Å². The maximum atomic E-state index is 13.4. The van der Waals surface area contributed by atoms with E-state index in [0.29, 0.717) is 39.3 Å². The molecule has 1 aliphatic heterocycles. The van der Waals surface area contributed by atoms with E-state index < -0.39 is 17.7 Å². The van der Waals surface area contributed by atoms with Crippen molar-refractivity contribution in [2.75, 3.05) is 39.3 Å². The average molecular weight is 461 g/mol. The third-order valence-electron chi connectivity index (χ3n) is 5.61. The van der Waals surface area contributed by atoms with Crippen LogP contribution in [-0.4, -0.2) is 66.6 Å². The van der Waals surface area contributed by atoms with Crippen molar-refractivity contribution in [3.63, 3.8) is 0 Å². The Morgan fingerprint density at radius 3 is 1.85 bits per heavy atom. The van der Waals surface area contributed by atoms with Gasteiger partial charge in [0.15, 0.2) is 5.60 Å². The Balaban J connectivity index is 1.55. The number of benzene rings is 2. The van der Waals surface area contributed by atoms with E-state index in [1.165, 1.54) is 31.2 Å². The van der Waals surface area contributed by atoms with E-state index in [-0.39, 0.29) is 17.5 Å². The zero-order chi connectivity index (χ0) is 24.0. The summed E-state index contributed by atoms with van der Waals surface area (Å²) < 4.78 is 38.1. The van der Waals surface area contributed by atoms with Gasteiger partial charge in [-0.2, -0.15) is 0 Å². The molecule has 0 spiro atoms. The van der Waals surface area contributed by atoms with E-state index in [1.807, 2.05) is 0 Å². The lowest BCUT2D eigenvalue weighted by Crippen LogP contribution is -2.55. The molecule has 0 unspecified atom stereocenters. The van der Waals surface area contributed by atoms with Crippen LogP contribution in [0.15, 0.2) is 48.5 Å². The molecule has 1 aliphatic rings. The third kappa shape index (κ3) is 6.82. The monoisotopic (exact) mass is 460 g/mol. The van der Waals surface area contributed by atoms with Gasteiger partial charge < -0.3 is 14.4 Å². The molecule has 0 radical (unpaired) electrons. The summed E-state index contributed by atoms with van der Waals surface area (Å²) in [5.41, 5.74) is 0.381. The highest BCUT2D eigenvalue weighted by atomic mass is 19.1. The number of rotatable bonds is 8. The Kier molecular flexibility index (Phi) is 8.15. The van der Waals surface area contributed by atoms with Gasteiger partial charge in [-0.25, -0.2) is 8.78 Å². The first-order valence-electron chi connectivity index (χ1n) is 11.0. The fourth-order valence-corrected chi connectivity index (χ4v) is 3.92. The summed E-state index contributed by atoms with van der Waals surface area (Å²) in [6.45, 7) is 7.94. The van der Waals surface area contributed by atoms with Crippen molar-refractivity contribution in [3.05, 3.63) is 71.3 Å². The number of esters is 1. The Bertz CT molecular complexity index is 894. The van der Waals surface area contributed by atoms with Crippen LogP contribution in [0, 0.1) is 11.6 Å². The van der Waals surface area contributed by atoms with Crippen LogP contribution in [0.2, 0.25) is 0 Å². The zero-order valence-corrected chi connectivity index (χ0v) is 19.2. The average Bonchev–Trinajstić information content (AvgIpc) is 2.77. The Morgan fingerprint density at radius 1 is 0.909 bits per heavy atom. The van der Waals surface area contributed by atoms with Gasteiger partial charge in [-0.1, -0.05) is 24.3 Å². The van der Waals surface area contributed by atoms with Crippen molar-refractivity contribution < 1.29 is 27.8 Å². The number of carbonyl (C=O) groups excluding carboxylic acids is 2. The maximum absolute atomic E-state index is 13.4. The van der Waals surface area contributed by atoms with E-state index in [4.69, 9.17) is 9.47 Å². The van der Waals surface area contributed by atoms with Gasteiger partial charge >= 0.3 is 5.97 Å². The van der Waals surface area contributed by atoms with Crippen LogP contribution in [0.5, 0.6) is 0 Å². The van der Waals surface area contributed by atoms with E-state index in [9.17, 15) is 18.4 Å². The summed E-state index contributed by atoms with van der Waals surface area (Å²) in [6, 6.07) is 12.2. The first-order valence-corrected chi connectivity index (χ1v) is 11.0. The number of ether oxygens (including phenoxy) is 2. The molecular formula is C25H30F2N2O4. The molecular weight excluding hydrogens is 430 g/mol. The lowest BCUT2D eigenvalue weighted by Gasteiger charge is -2.38. The Hall–Kier alpha value is -2.84. The summed E-state index contributed by atoms with van der Waals surface area (Å²) in [6.07, 6.45) is -0.446. The SMILES string of the molecule is CC(=O)OC(C)(C)C(=O)N1CCN(CCOC(c2ccc(F)cc2)c2ccc(F)cc2)CC1. The second-order valence-electron chi connectivity index (χ2n) is 8.59. The normalized spacial score (nSPS) is 15.0. The molecule has 0 atom stereocenters. The molecule has 0 N–H and O–H groups in total. The summed E-state index contributed by atoms with van der Waals surface area (Å²) in [4.78, 5) is 27.8. The maximum Gasteiger partial charge on any atom is 0.303 e. The van der Waals surface area contributed by atoms with Crippen LogP contribution in [0.1, 0.15) is 38.0 Å². The highest BCUT2D eigenvalue weighted by molar-refractivity contribution is 5.86. The highest BCUT2D eigenvalue weighted by Gasteiger charge is 2.36. The van der Waals surface area contributed by atoms with Crippen LogP contribution in [0.4, 0.5) is 8.78 Å². The van der Waals surface area contributed by atoms with E-state index >= 15 is 0 Å². The molecule has 1 fully saturated rings. The summed E-state index contributed by atoms with van der Waals surface area (Å²) in [7, 11) is 0. The van der Waals surface area contributed by atoms with Crippen LogP contribution in [0.3, 0.4) is 0 Å². The molecule has 2 aromatic carbocycles. The lowest BCUT2D eigenvalue weighted by atomic mass is 10.0. The molecule has 1 saturated heterocycles. The van der Waals surface area contributed by atoms with Gasteiger partial charge in [-0.3, -0.25) is 14.5 Å². The van der Waals surface area contributed by atoms with Crippen molar-refractivity contribution in [2.24, 2.45) is 0 Å². The fourth-order valence-electron chi connectivity index (χ4n) is 3.92. The summed E-state index contributed by atoms with van der Waals surface area (Å²) in [5.74, 6) is -1.36. The minimum absolute atomic E-state index is 0.207. The highest BCUT2D eigenvalue weighted by Crippen LogP contribution is 2.26. The Morgan fingerprint density at radius 2 is 1.39 bits per heavy atom.